The van der Waals surface area contributed by atoms with Crippen molar-refractivity contribution in [1.29, 1.82) is 0 Å². The lowest BCUT2D eigenvalue weighted by atomic mass is 9.86. The Kier molecular flexibility index (Phi) is 4.61. The van der Waals surface area contributed by atoms with Gasteiger partial charge in [-0.2, -0.15) is 0 Å². The number of fused-ring (bicyclic) bond motifs is 1. The number of imide groups is 1. The fraction of sp³-hybridized carbons (Fsp3) is 0.125. The molecule has 0 radical (unpaired) electrons. The second-order valence-corrected chi connectivity index (χ2v) is 8.47. The van der Waals surface area contributed by atoms with E-state index in [1.807, 2.05) is 31.2 Å². The maximum absolute atomic E-state index is 13.3. The Morgan fingerprint density at radius 3 is 1.94 bits per heavy atom. The van der Waals surface area contributed by atoms with Crippen molar-refractivity contribution in [3.05, 3.63) is 99.0 Å². The van der Waals surface area contributed by atoms with Crippen LogP contribution in [0.15, 0.2) is 66.7 Å². The number of β-lactam (4-membered cyclic amide) rings is 1. The van der Waals surface area contributed by atoms with Gasteiger partial charge in [-0.05, 0) is 48.9 Å². The summed E-state index contributed by atoms with van der Waals surface area (Å²) in [7, 11) is 0. The second-order valence-electron chi connectivity index (χ2n) is 7.63. The van der Waals surface area contributed by atoms with Crippen molar-refractivity contribution in [2.24, 2.45) is 0 Å². The summed E-state index contributed by atoms with van der Waals surface area (Å²) < 4.78 is 0. The molecule has 7 heteroatoms. The zero-order chi connectivity index (χ0) is 21.9. The van der Waals surface area contributed by atoms with E-state index in [0.29, 0.717) is 32.4 Å². The minimum absolute atomic E-state index is 0.301. The highest BCUT2D eigenvalue weighted by molar-refractivity contribution is 6.35. The van der Waals surface area contributed by atoms with E-state index in [9.17, 15) is 14.4 Å². The molecule has 154 valence electrons. The van der Waals surface area contributed by atoms with Crippen molar-refractivity contribution in [3.8, 4) is 0 Å². The number of carbonyl (C=O) groups excluding carboxylic acids is 3. The molecule has 5 nitrogen and oxygen atoms in total. The van der Waals surface area contributed by atoms with Crippen LogP contribution in [-0.2, 0) is 4.79 Å². The fourth-order valence-electron chi connectivity index (χ4n) is 4.23. The molecule has 3 amide bonds. The first-order valence-electron chi connectivity index (χ1n) is 9.70. The summed E-state index contributed by atoms with van der Waals surface area (Å²) in [5, 5.41) is 0.822. The van der Waals surface area contributed by atoms with Crippen LogP contribution in [-0.4, -0.2) is 28.7 Å². The Morgan fingerprint density at radius 1 is 0.742 bits per heavy atom. The molecule has 0 saturated carbocycles. The van der Waals surface area contributed by atoms with Crippen molar-refractivity contribution in [2.75, 3.05) is 4.90 Å². The van der Waals surface area contributed by atoms with Crippen LogP contribution in [0.3, 0.4) is 0 Å². The van der Waals surface area contributed by atoms with Gasteiger partial charge in [-0.1, -0.05) is 59.1 Å². The van der Waals surface area contributed by atoms with E-state index >= 15 is 0 Å². The molecule has 31 heavy (non-hydrogen) atoms. The van der Waals surface area contributed by atoms with Crippen LogP contribution in [0, 0.1) is 6.92 Å². The first kappa shape index (κ1) is 19.8. The van der Waals surface area contributed by atoms with E-state index < -0.39 is 23.9 Å². The molecule has 0 N–H and O–H groups in total. The summed E-state index contributed by atoms with van der Waals surface area (Å²) in [6.07, 6.45) is 0. The Balaban J connectivity index is 1.61. The molecule has 1 saturated heterocycles. The normalized spacial score (nSPS) is 20.2. The number of hydrogen-bond donors (Lipinski definition) is 0. The molecule has 0 bridgehead atoms. The third kappa shape index (κ3) is 2.96. The van der Waals surface area contributed by atoms with Gasteiger partial charge in [-0.15, -0.1) is 0 Å². The van der Waals surface area contributed by atoms with E-state index in [4.69, 9.17) is 23.2 Å². The predicted molar refractivity (Wildman–Crippen MR) is 119 cm³/mol. The minimum Gasteiger partial charge on any atom is -0.300 e. The SMILES string of the molecule is Cc1ccc(N2C(=O)[C@@H](N3C(=O)c4ccccc4C3=O)[C@H]2c2ccc(Cl)cc2Cl)cc1. The van der Waals surface area contributed by atoms with Crippen LogP contribution < -0.4 is 4.90 Å². The molecular formula is C24H16Cl2N2O3. The van der Waals surface area contributed by atoms with Crippen LogP contribution >= 0.6 is 23.2 Å². The van der Waals surface area contributed by atoms with Crippen molar-refractivity contribution < 1.29 is 14.4 Å². The number of rotatable bonds is 3. The monoisotopic (exact) mass is 450 g/mol. The minimum atomic E-state index is -0.993. The highest BCUT2D eigenvalue weighted by Gasteiger charge is 2.57. The van der Waals surface area contributed by atoms with Crippen LogP contribution in [0.1, 0.15) is 37.9 Å². The maximum atomic E-state index is 13.3. The van der Waals surface area contributed by atoms with Crippen molar-refractivity contribution in [3.63, 3.8) is 0 Å². The number of amides is 3. The number of hydrogen-bond acceptors (Lipinski definition) is 3. The van der Waals surface area contributed by atoms with E-state index in [1.54, 1.807) is 47.4 Å². The summed E-state index contributed by atoms with van der Waals surface area (Å²) in [6, 6.07) is 17.4. The summed E-state index contributed by atoms with van der Waals surface area (Å²) >= 11 is 12.6. The standard InChI is InChI=1S/C24H16Cl2N2O3/c1-13-6-9-15(10-7-13)27-20(18-11-8-14(25)12-19(18)26)21(24(27)31)28-22(29)16-4-2-3-5-17(16)23(28)30/h2-12,20-21H,1H3/t20-,21+/m1/s1. The zero-order valence-corrected chi connectivity index (χ0v) is 17.9. The third-order valence-corrected chi connectivity index (χ3v) is 6.33. The molecule has 2 aliphatic heterocycles. The summed E-state index contributed by atoms with van der Waals surface area (Å²) in [4.78, 5) is 42.1. The van der Waals surface area contributed by atoms with Gasteiger partial charge < -0.3 is 4.90 Å². The van der Waals surface area contributed by atoms with Crippen molar-refractivity contribution in [2.45, 2.75) is 19.0 Å². The Morgan fingerprint density at radius 2 is 1.35 bits per heavy atom. The van der Waals surface area contributed by atoms with Crippen LogP contribution in [0.25, 0.3) is 0 Å². The van der Waals surface area contributed by atoms with E-state index in [2.05, 4.69) is 0 Å². The van der Waals surface area contributed by atoms with Crippen LogP contribution in [0.2, 0.25) is 10.0 Å². The molecule has 1 fully saturated rings. The molecule has 2 heterocycles. The lowest BCUT2D eigenvalue weighted by Gasteiger charge is -2.50. The lowest BCUT2D eigenvalue weighted by molar-refractivity contribution is -0.130. The predicted octanol–water partition coefficient (Wildman–Crippen LogP) is 5.05. The largest absolute Gasteiger partial charge is 0.300 e. The van der Waals surface area contributed by atoms with E-state index in [0.717, 1.165) is 10.5 Å². The lowest BCUT2D eigenvalue weighted by Crippen LogP contribution is -2.67. The van der Waals surface area contributed by atoms with Gasteiger partial charge >= 0.3 is 0 Å². The molecule has 0 aromatic heterocycles. The highest BCUT2D eigenvalue weighted by atomic mass is 35.5. The molecule has 0 spiro atoms. The maximum Gasteiger partial charge on any atom is 0.262 e. The van der Waals surface area contributed by atoms with Gasteiger partial charge in [0.2, 0.25) is 0 Å². The third-order valence-electron chi connectivity index (χ3n) is 5.76. The van der Waals surface area contributed by atoms with Crippen molar-refractivity contribution in [1.82, 2.24) is 4.90 Å². The summed E-state index contributed by atoms with van der Waals surface area (Å²) in [5.74, 6) is -1.29. The average molecular weight is 451 g/mol. The number of anilines is 1. The smallest absolute Gasteiger partial charge is 0.262 e. The second kappa shape index (κ2) is 7.22. The van der Waals surface area contributed by atoms with Crippen LogP contribution in [0.4, 0.5) is 5.69 Å². The van der Waals surface area contributed by atoms with Gasteiger partial charge in [-0.3, -0.25) is 19.3 Å². The van der Waals surface area contributed by atoms with E-state index in [-0.39, 0.29) is 5.91 Å². The molecule has 0 unspecified atom stereocenters. The van der Waals surface area contributed by atoms with Crippen molar-refractivity contribution >= 4 is 46.6 Å². The Labute approximate surface area is 188 Å². The van der Waals surface area contributed by atoms with Gasteiger partial charge in [0, 0.05) is 15.7 Å². The molecule has 5 rings (SSSR count). The number of aryl methyl sites for hydroxylation is 1. The Hall–Kier alpha value is -3.15. The average Bonchev–Trinajstić information content (AvgIpc) is 2.99. The van der Waals surface area contributed by atoms with Gasteiger partial charge in [0.25, 0.3) is 17.7 Å². The van der Waals surface area contributed by atoms with Gasteiger partial charge in [0.15, 0.2) is 0 Å². The highest BCUT2D eigenvalue weighted by Crippen LogP contribution is 2.46. The summed E-state index contributed by atoms with van der Waals surface area (Å²) in [5.41, 5.74) is 2.94. The first-order valence-corrected chi connectivity index (χ1v) is 10.5. The quantitative estimate of drug-likeness (QED) is 0.414. The first-order chi connectivity index (χ1) is 14.9. The molecular weight excluding hydrogens is 435 g/mol. The molecule has 3 aromatic carbocycles. The number of carbonyl (C=O) groups is 3. The van der Waals surface area contributed by atoms with Gasteiger partial charge in [0.1, 0.15) is 6.04 Å². The Bertz CT molecular complexity index is 1220. The molecule has 2 atom stereocenters. The molecule has 3 aromatic rings. The van der Waals surface area contributed by atoms with Crippen LogP contribution in [0.5, 0.6) is 0 Å². The summed E-state index contributed by atoms with van der Waals surface area (Å²) in [6.45, 7) is 1.96. The number of halogens is 2. The van der Waals surface area contributed by atoms with Gasteiger partial charge in [0.05, 0.1) is 17.2 Å². The van der Waals surface area contributed by atoms with Gasteiger partial charge in [-0.25, -0.2) is 0 Å². The molecule has 2 aliphatic rings. The zero-order valence-electron chi connectivity index (χ0n) is 16.4. The van der Waals surface area contributed by atoms with E-state index in [1.165, 1.54) is 0 Å². The number of nitrogens with zero attached hydrogens (tertiary/aromatic N) is 2. The topological polar surface area (TPSA) is 57.7 Å². The number of benzene rings is 3. The molecule has 0 aliphatic carbocycles. The fourth-order valence-corrected chi connectivity index (χ4v) is 4.75.